The highest BCUT2D eigenvalue weighted by Crippen LogP contribution is 2.26. The summed E-state index contributed by atoms with van der Waals surface area (Å²) in [6.45, 7) is 6.45. The quantitative estimate of drug-likeness (QED) is 0.635. The van der Waals surface area contributed by atoms with E-state index in [1.807, 2.05) is 44.2 Å². The van der Waals surface area contributed by atoms with Gasteiger partial charge in [-0.25, -0.2) is 0 Å². The molecule has 0 saturated heterocycles. The Morgan fingerprint density at radius 2 is 1.92 bits per heavy atom. The van der Waals surface area contributed by atoms with Crippen LogP contribution in [0.4, 0.5) is 5.69 Å². The first-order valence-electron chi connectivity index (χ1n) is 7.85. The number of aryl methyl sites for hydroxylation is 3. The number of thiocarbonyl (C=S) groups is 1. The molecule has 2 aromatic rings. The number of nitrogens with zero attached hydrogens (tertiary/aromatic N) is 1. The van der Waals surface area contributed by atoms with E-state index in [0.29, 0.717) is 12.3 Å². The zero-order chi connectivity index (χ0) is 17.7. The Hall–Kier alpha value is -2.11. The summed E-state index contributed by atoms with van der Waals surface area (Å²) in [6, 6.07) is 11.9. The van der Waals surface area contributed by atoms with E-state index in [4.69, 9.17) is 21.7 Å². The predicted molar refractivity (Wildman–Crippen MR) is 99.9 cm³/mol. The second-order valence-corrected chi connectivity index (χ2v) is 6.01. The zero-order valence-electron chi connectivity index (χ0n) is 14.5. The first-order chi connectivity index (χ1) is 11.5. The molecule has 0 atom stereocenters. The van der Waals surface area contributed by atoms with Gasteiger partial charge in [-0.1, -0.05) is 36.8 Å². The lowest BCUT2D eigenvalue weighted by Crippen LogP contribution is -2.27. The molecule has 0 amide bonds. The molecule has 0 spiro atoms. The minimum atomic E-state index is -0.00369. The van der Waals surface area contributed by atoms with Crippen molar-refractivity contribution in [3.63, 3.8) is 0 Å². The van der Waals surface area contributed by atoms with Gasteiger partial charge in [0.1, 0.15) is 12.4 Å². The van der Waals surface area contributed by atoms with Crippen LogP contribution >= 0.6 is 12.2 Å². The van der Waals surface area contributed by atoms with Crippen LogP contribution in [-0.4, -0.2) is 17.5 Å². The van der Waals surface area contributed by atoms with Gasteiger partial charge < -0.3 is 9.47 Å². The van der Waals surface area contributed by atoms with E-state index >= 15 is 0 Å². The van der Waals surface area contributed by atoms with Crippen molar-refractivity contribution >= 4 is 23.1 Å². The highest BCUT2D eigenvalue weighted by atomic mass is 32.1. The molecule has 0 saturated carbocycles. The Balaban J connectivity index is 2.27. The Labute approximate surface area is 148 Å². The number of rotatable bonds is 5. The van der Waals surface area contributed by atoms with Gasteiger partial charge >= 0.3 is 0 Å². The number of anilines is 1. The van der Waals surface area contributed by atoms with Crippen molar-refractivity contribution in [2.75, 3.05) is 12.2 Å². The van der Waals surface area contributed by atoms with E-state index < -0.39 is 0 Å². The van der Waals surface area contributed by atoms with Gasteiger partial charge in [0, 0.05) is 5.56 Å². The molecule has 0 aliphatic heterocycles. The third kappa shape index (κ3) is 4.24. The Morgan fingerprint density at radius 3 is 2.54 bits per heavy atom. The van der Waals surface area contributed by atoms with Gasteiger partial charge in [0.25, 0.3) is 5.17 Å². The van der Waals surface area contributed by atoms with E-state index in [2.05, 4.69) is 13.0 Å². The summed E-state index contributed by atoms with van der Waals surface area (Å²) in [5, 5.41) is 11.2. The highest BCUT2D eigenvalue weighted by molar-refractivity contribution is 7.80. The van der Waals surface area contributed by atoms with Gasteiger partial charge in [0.15, 0.2) is 0 Å². The third-order valence-corrected chi connectivity index (χ3v) is 4.19. The summed E-state index contributed by atoms with van der Waals surface area (Å²) in [5.41, 5.74) is 4.77. The van der Waals surface area contributed by atoms with E-state index in [-0.39, 0.29) is 5.17 Å². The maximum atomic E-state index is 10.3. The average molecular weight is 345 g/mol. The Bertz CT molecular complexity index is 731. The number of hydroxylamine groups is 1. The molecule has 4 nitrogen and oxygen atoms in total. The third-order valence-electron chi connectivity index (χ3n) is 3.85. The van der Waals surface area contributed by atoms with Crippen LogP contribution in [0, 0.1) is 13.8 Å². The van der Waals surface area contributed by atoms with Crippen LogP contribution in [0.2, 0.25) is 0 Å². The van der Waals surface area contributed by atoms with Gasteiger partial charge in [0.2, 0.25) is 0 Å². The maximum absolute atomic E-state index is 10.3. The predicted octanol–water partition coefficient (Wildman–Crippen LogP) is 4.57. The fourth-order valence-corrected chi connectivity index (χ4v) is 2.55. The van der Waals surface area contributed by atoms with E-state index in [9.17, 15) is 5.21 Å². The SMILES string of the molecule is CCc1ccc(COc2ccc(C)cc2C)c(N(O)C(=S)OC)c1. The minimum absolute atomic E-state index is 0.00369. The summed E-state index contributed by atoms with van der Waals surface area (Å²) in [5.74, 6) is 0.824. The lowest BCUT2D eigenvalue weighted by Gasteiger charge is -2.21. The van der Waals surface area contributed by atoms with Crippen LogP contribution < -0.4 is 9.80 Å². The molecular formula is C19H23NO3S. The van der Waals surface area contributed by atoms with Gasteiger partial charge in [-0.3, -0.25) is 5.21 Å². The molecular weight excluding hydrogens is 322 g/mol. The van der Waals surface area contributed by atoms with Crippen LogP contribution in [0.1, 0.15) is 29.2 Å². The van der Waals surface area contributed by atoms with Crippen molar-refractivity contribution in [3.8, 4) is 5.75 Å². The number of ether oxygens (including phenoxy) is 2. The van der Waals surface area contributed by atoms with Gasteiger partial charge in [-0.15, -0.1) is 0 Å². The first kappa shape index (κ1) is 18.2. The van der Waals surface area contributed by atoms with E-state index in [1.165, 1.54) is 12.7 Å². The van der Waals surface area contributed by atoms with Crippen molar-refractivity contribution in [1.29, 1.82) is 0 Å². The molecule has 0 unspecified atom stereocenters. The molecule has 2 rings (SSSR count). The van der Waals surface area contributed by atoms with Crippen molar-refractivity contribution in [2.24, 2.45) is 0 Å². The molecule has 1 N–H and O–H groups in total. The van der Waals surface area contributed by atoms with Crippen LogP contribution in [0.25, 0.3) is 0 Å². The zero-order valence-corrected chi connectivity index (χ0v) is 15.3. The van der Waals surface area contributed by atoms with Crippen molar-refractivity contribution < 1.29 is 14.7 Å². The van der Waals surface area contributed by atoms with Crippen LogP contribution in [0.3, 0.4) is 0 Å². The van der Waals surface area contributed by atoms with Gasteiger partial charge in [0.05, 0.1) is 12.8 Å². The second kappa shape index (κ2) is 8.13. The number of methoxy groups -OCH3 is 1. The topological polar surface area (TPSA) is 41.9 Å². The first-order valence-corrected chi connectivity index (χ1v) is 8.26. The minimum Gasteiger partial charge on any atom is -0.489 e. The summed E-state index contributed by atoms with van der Waals surface area (Å²) in [7, 11) is 1.43. The molecule has 0 radical (unpaired) electrons. The van der Waals surface area contributed by atoms with E-state index in [0.717, 1.165) is 33.9 Å². The largest absolute Gasteiger partial charge is 0.489 e. The van der Waals surface area contributed by atoms with Crippen molar-refractivity contribution in [1.82, 2.24) is 0 Å². The van der Waals surface area contributed by atoms with Gasteiger partial charge in [-0.2, -0.15) is 5.06 Å². The molecule has 128 valence electrons. The molecule has 24 heavy (non-hydrogen) atoms. The molecule has 2 aromatic carbocycles. The molecule has 0 fully saturated rings. The average Bonchev–Trinajstić information content (AvgIpc) is 2.59. The fraction of sp³-hybridized carbons (Fsp3) is 0.316. The summed E-state index contributed by atoms with van der Waals surface area (Å²) < 4.78 is 10.9. The lowest BCUT2D eigenvalue weighted by molar-refractivity contribution is 0.264. The maximum Gasteiger partial charge on any atom is 0.288 e. The summed E-state index contributed by atoms with van der Waals surface area (Å²) in [6.07, 6.45) is 0.860. The van der Waals surface area contributed by atoms with Crippen molar-refractivity contribution in [2.45, 2.75) is 33.8 Å². The van der Waals surface area contributed by atoms with Gasteiger partial charge in [-0.05, 0) is 55.7 Å². The molecule has 0 aliphatic rings. The second-order valence-electron chi connectivity index (χ2n) is 5.66. The highest BCUT2D eigenvalue weighted by Gasteiger charge is 2.15. The Kier molecular flexibility index (Phi) is 6.17. The monoisotopic (exact) mass is 345 g/mol. The number of hydrogen-bond donors (Lipinski definition) is 1. The van der Waals surface area contributed by atoms with E-state index in [1.54, 1.807) is 0 Å². The standard InChI is InChI=1S/C19H23NO3S/c1-5-15-7-8-16(17(11-15)20(21)19(24)22-4)12-23-18-9-6-13(2)10-14(18)3/h6-11,21H,5,12H2,1-4H3. The summed E-state index contributed by atoms with van der Waals surface area (Å²) >= 11 is 5.02. The van der Waals surface area contributed by atoms with Crippen molar-refractivity contribution in [3.05, 3.63) is 58.7 Å². The number of benzene rings is 2. The molecule has 0 aromatic heterocycles. The molecule has 0 heterocycles. The number of hydrogen-bond acceptors (Lipinski definition) is 4. The van der Waals surface area contributed by atoms with Crippen LogP contribution in [-0.2, 0) is 17.8 Å². The summed E-state index contributed by atoms with van der Waals surface area (Å²) in [4.78, 5) is 0. The molecule has 0 bridgehead atoms. The molecule has 0 aliphatic carbocycles. The fourth-order valence-electron chi connectivity index (χ4n) is 2.45. The smallest absolute Gasteiger partial charge is 0.288 e. The van der Waals surface area contributed by atoms with Crippen LogP contribution in [0.5, 0.6) is 5.75 Å². The van der Waals surface area contributed by atoms with Crippen LogP contribution in [0.15, 0.2) is 36.4 Å². The lowest BCUT2D eigenvalue weighted by atomic mass is 10.1. The Morgan fingerprint density at radius 1 is 1.17 bits per heavy atom. The normalized spacial score (nSPS) is 10.4. The molecule has 5 heteroatoms.